The zero-order chi connectivity index (χ0) is 27.5. The quantitative estimate of drug-likeness (QED) is 0.227. The molecule has 1 unspecified atom stereocenters. The molecule has 39 heavy (non-hydrogen) atoms. The second kappa shape index (κ2) is 14.1. The standard InChI is InChI=1S/C35H38N2O2/c1-3-23-36-35(39)33(24-28-16-7-4-8-17-28)37(26-31-22-14-13-15-27(31)2)34(38)25-32(29-18-9-5-10-19-29)30-20-11-6-12-21-30/h4-22,32-33H,3,23-26H2,1-2H3,(H,36,39). The molecule has 0 saturated heterocycles. The third kappa shape index (κ3) is 7.67. The second-order valence-electron chi connectivity index (χ2n) is 10.0. The van der Waals surface area contributed by atoms with Gasteiger partial charge in [0.25, 0.3) is 0 Å². The maximum atomic E-state index is 14.4. The van der Waals surface area contributed by atoms with Gasteiger partial charge in [-0.1, -0.05) is 122 Å². The average Bonchev–Trinajstić information content (AvgIpc) is 2.98. The molecule has 1 N–H and O–H groups in total. The molecule has 4 nitrogen and oxygen atoms in total. The number of nitrogens with zero attached hydrogens (tertiary/aromatic N) is 1. The van der Waals surface area contributed by atoms with Crippen molar-refractivity contribution < 1.29 is 9.59 Å². The molecule has 0 aliphatic carbocycles. The molecule has 4 rings (SSSR count). The second-order valence-corrected chi connectivity index (χ2v) is 10.0. The first kappa shape index (κ1) is 27.8. The van der Waals surface area contributed by atoms with Gasteiger partial charge in [-0.3, -0.25) is 9.59 Å². The van der Waals surface area contributed by atoms with E-state index >= 15 is 0 Å². The molecular formula is C35H38N2O2. The summed E-state index contributed by atoms with van der Waals surface area (Å²) in [5.74, 6) is -0.266. The monoisotopic (exact) mass is 518 g/mol. The summed E-state index contributed by atoms with van der Waals surface area (Å²) in [6.45, 7) is 5.04. The fourth-order valence-corrected chi connectivity index (χ4v) is 4.98. The highest BCUT2D eigenvalue weighted by molar-refractivity contribution is 5.88. The smallest absolute Gasteiger partial charge is 0.243 e. The van der Waals surface area contributed by atoms with Crippen molar-refractivity contribution in [2.75, 3.05) is 6.54 Å². The Kier molecular flexibility index (Phi) is 10.1. The van der Waals surface area contributed by atoms with E-state index in [1.807, 2.05) is 91.9 Å². The summed E-state index contributed by atoms with van der Waals surface area (Å²) in [5.41, 5.74) is 5.35. The van der Waals surface area contributed by atoms with Crippen LogP contribution in [-0.2, 0) is 22.6 Å². The average molecular weight is 519 g/mol. The fraction of sp³-hybridized carbons (Fsp3) is 0.257. The number of benzene rings is 4. The van der Waals surface area contributed by atoms with Crippen molar-refractivity contribution in [3.63, 3.8) is 0 Å². The number of rotatable bonds is 12. The van der Waals surface area contributed by atoms with Crippen molar-refractivity contribution in [1.82, 2.24) is 10.2 Å². The predicted octanol–water partition coefficient (Wildman–Crippen LogP) is 6.68. The lowest BCUT2D eigenvalue weighted by Gasteiger charge is -2.33. The summed E-state index contributed by atoms with van der Waals surface area (Å²) >= 11 is 0. The van der Waals surface area contributed by atoms with Crippen LogP contribution in [0.15, 0.2) is 115 Å². The molecule has 0 heterocycles. The Bertz CT molecular complexity index is 1280. The maximum Gasteiger partial charge on any atom is 0.243 e. The van der Waals surface area contributed by atoms with Gasteiger partial charge in [-0.15, -0.1) is 0 Å². The summed E-state index contributed by atoms with van der Waals surface area (Å²) in [6.07, 6.45) is 1.56. The lowest BCUT2D eigenvalue weighted by molar-refractivity contribution is -0.141. The Morgan fingerprint density at radius 3 is 1.85 bits per heavy atom. The number of aryl methyl sites for hydroxylation is 1. The van der Waals surface area contributed by atoms with Gasteiger partial charge in [-0.2, -0.15) is 0 Å². The summed E-state index contributed by atoms with van der Waals surface area (Å²) < 4.78 is 0. The minimum Gasteiger partial charge on any atom is -0.354 e. The van der Waals surface area contributed by atoms with Crippen LogP contribution >= 0.6 is 0 Å². The van der Waals surface area contributed by atoms with Crippen LogP contribution < -0.4 is 5.32 Å². The topological polar surface area (TPSA) is 49.4 Å². The molecular weight excluding hydrogens is 480 g/mol. The number of hydrogen-bond donors (Lipinski definition) is 1. The highest BCUT2D eigenvalue weighted by Gasteiger charge is 2.32. The van der Waals surface area contributed by atoms with Crippen LogP contribution in [0.5, 0.6) is 0 Å². The third-order valence-electron chi connectivity index (χ3n) is 7.20. The maximum absolute atomic E-state index is 14.4. The molecule has 0 aromatic heterocycles. The SMILES string of the molecule is CCCNC(=O)C(Cc1ccccc1)N(Cc1ccccc1C)C(=O)CC(c1ccccc1)c1ccccc1. The van der Waals surface area contributed by atoms with Crippen LogP contribution in [0.1, 0.15) is 53.5 Å². The molecule has 0 spiro atoms. The Morgan fingerprint density at radius 1 is 0.744 bits per heavy atom. The van der Waals surface area contributed by atoms with Crippen LogP contribution in [0.4, 0.5) is 0 Å². The van der Waals surface area contributed by atoms with Gasteiger partial charge in [-0.05, 0) is 41.2 Å². The number of nitrogens with one attached hydrogen (secondary N) is 1. The van der Waals surface area contributed by atoms with E-state index in [1.165, 1.54) is 0 Å². The number of carbonyl (C=O) groups excluding carboxylic acids is 2. The van der Waals surface area contributed by atoms with Crippen LogP contribution in [0.25, 0.3) is 0 Å². The summed E-state index contributed by atoms with van der Waals surface area (Å²) in [7, 11) is 0. The van der Waals surface area contributed by atoms with Gasteiger partial charge in [0.05, 0.1) is 0 Å². The van der Waals surface area contributed by atoms with Gasteiger partial charge in [0, 0.05) is 31.8 Å². The molecule has 0 bridgehead atoms. The Labute approximate surface area is 232 Å². The molecule has 4 heteroatoms. The van der Waals surface area contributed by atoms with E-state index in [0.717, 1.165) is 34.2 Å². The summed E-state index contributed by atoms with van der Waals surface area (Å²) in [4.78, 5) is 29.8. The lowest BCUT2D eigenvalue weighted by Crippen LogP contribution is -2.51. The fourth-order valence-electron chi connectivity index (χ4n) is 4.98. The lowest BCUT2D eigenvalue weighted by atomic mass is 9.87. The Morgan fingerprint density at radius 2 is 1.28 bits per heavy atom. The van der Waals surface area contributed by atoms with Crippen molar-refractivity contribution in [3.8, 4) is 0 Å². The minimum absolute atomic E-state index is 0.0384. The van der Waals surface area contributed by atoms with Crippen LogP contribution in [0.3, 0.4) is 0 Å². The number of hydrogen-bond acceptors (Lipinski definition) is 2. The molecule has 0 aliphatic heterocycles. The highest BCUT2D eigenvalue weighted by Crippen LogP contribution is 2.30. The van der Waals surface area contributed by atoms with E-state index in [-0.39, 0.29) is 24.2 Å². The molecule has 0 radical (unpaired) electrons. The third-order valence-corrected chi connectivity index (χ3v) is 7.20. The van der Waals surface area contributed by atoms with Gasteiger partial charge < -0.3 is 10.2 Å². The molecule has 0 saturated carbocycles. The van der Waals surface area contributed by atoms with Crippen molar-refractivity contribution in [1.29, 1.82) is 0 Å². The van der Waals surface area contributed by atoms with E-state index in [9.17, 15) is 9.59 Å². The summed E-state index contributed by atoms with van der Waals surface area (Å²) in [5, 5.41) is 3.07. The zero-order valence-corrected chi connectivity index (χ0v) is 22.9. The predicted molar refractivity (Wildman–Crippen MR) is 158 cm³/mol. The highest BCUT2D eigenvalue weighted by atomic mass is 16.2. The molecule has 200 valence electrons. The van der Waals surface area contributed by atoms with E-state index in [0.29, 0.717) is 19.5 Å². The Balaban J connectivity index is 1.73. The summed E-state index contributed by atoms with van der Waals surface area (Å²) in [6, 6.07) is 37.8. The van der Waals surface area contributed by atoms with Gasteiger partial charge in [0.2, 0.25) is 11.8 Å². The van der Waals surface area contributed by atoms with Gasteiger partial charge in [0.15, 0.2) is 0 Å². The van der Waals surface area contributed by atoms with E-state index in [4.69, 9.17) is 0 Å². The van der Waals surface area contributed by atoms with E-state index in [1.54, 1.807) is 4.90 Å². The van der Waals surface area contributed by atoms with Crippen LogP contribution in [0.2, 0.25) is 0 Å². The molecule has 4 aromatic carbocycles. The van der Waals surface area contributed by atoms with Crippen molar-refractivity contribution in [2.45, 2.75) is 51.6 Å². The van der Waals surface area contributed by atoms with Crippen molar-refractivity contribution >= 4 is 11.8 Å². The number of carbonyl (C=O) groups is 2. The van der Waals surface area contributed by atoms with Crippen LogP contribution in [0, 0.1) is 6.92 Å². The van der Waals surface area contributed by atoms with Gasteiger partial charge >= 0.3 is 0 Å². The zero-order valence-electron chi connectivity index (χ0n) is 22.9. The van der Waals surface area contributed by atoms with Gasteiger partial charge in [-0.25, -0.2) is 0 Å². The van der Waals surface area contributed by atoms with Gasteiger partial charge in [0.1, 0.15) is 6.04 Å². The minimum atomic E-state index is -0.627. The molecule has 0 fully saturated rings. The largest absolute Gasteiger partial charge is 0.354 e. The van der Waals surface area contributed by atoms with Crippen LogP contribution in [-0.4, -0.2) is 29.3 Å². The van der Waals surface area contributed by atoms with Crippen molar-refractivity contribution in [2.24, 2.45) is 0 Å². The first-order valence-corrected chi connectivity index (χ1v) is 13.8. The molecule has 4 aromatic rings. The molecule has 0 aliphatic rings. The normalized spacial score (nSPS) is 11.7. The van der Waals surface area contributed by atoms with E-state index < -0.39 is 6.04 Å². The number of amides is 2. The first-order valence-electron chi connectivity index (χ1n) is 13.8. The first-order chi connectivity index (χ1) is 19.1. The molecule has 1 atom stereocenters. The van der Waals surface area contributed by atoms with E-state index in [2.05, 4.69) is 42.6 Å². The van der Waals surface area contributed by atoms with Crippen molar-refractivity contribution in [3.05, 3.63) is 143 Å². The Hall–Kier alpha value is -4.18. The molecule has 2 amide bonds.